The highest BCUT2D eigenvalue weighted by Gasteiger charge is 2.34. The minimum Gasteiger partial charge on any atom is -0.502 e. The molecule has 1 aliphatic rings. The highest BCUT2D eigenvalue weighted by Crippen LogP contribution is 2.46. The normalized spacial score (nSPS) is 14.7. The summed E-state index contributed by atoms with van der Waals surface area (Å²) in [6.45, 7) is 0.582. The van der Waals surface area contributed by atoms with Crippen molar-refractivity contribution in [1.29, 1.82) is 0 Å². The quantitative estimate of drug-likeness (QED) is 0.166. The van der Waals surface area contributed by atoms with E-state index >= 15 is 0 Å². The summed E-state index contributed by atoms with van der Waals surface area (Å²) in [4.78, 5) is 41.9. The van der Waals surface area contributed by atoms with Crippen molar-refractivity contribution < 1.29 is 47.2 Å². The molecule has 52 heavy (non-hydrogen) atoms. The van der Waals surface area contributed by atoms with Gasteiger partial charge < -0.3 is 42.4 Å². The van der Waals surface area contributed by atoms with Gasteiger partial charge in [-0.25, -0.2) is 0 Å². The van der Waals surface area contributed by atoms with E-state index in [-0.39, 0.29) is 29.0 Å². The summed E-state index contributed by atoms with van der Waals surface area (Å²) >= 11 is 0. The first kappa shape index (κ1) is 35.9. The molecule has 0 saturated carbocycles. The van der Waals surface area contributed by atoms with E-state index in [1.807, 2.05) is 24.3 Å². The minimum absolute atomic E-state index is 0.0166. The lowest BCUT2D eigenvalue weighted by atomic mass is 9.87. The molecular formula is C39H39NO12. The van der Waals surface area contributed by atoms with Crippen molar-refractivity contribution in [2.75, 3.05) is 49.2 Å². The number of benzene rings is 3. The van der Waals surface area contributed by atoms with Gasteiger partial charge in [0.15, 0.2) is 34.2 Å². The van der Waals surface area contributed by atoms with Crippen molar-refractivity contribution >= 4 is 16.9 Å². The molecule has 0 aliphatic carbocycles. The number of esters is 1. The highest BCUT2D eigenvalue weighted by atomic mass is 16.5. The minimum atomic E-state index is -1.20. The standard InChI is InChI=1S/C39H39NO12/c1-45-30-13-21-11-12-40(35(25(21)17-31(30)46-2)22-14-32(47-3)39(50-6)33(15-22)48-4)19-23-16-28(41)37(44)38(52-23)26(18-34(42)49-5)27-20-51-29-10-8-7-9-24(29)36(27)43/h7-10,13-17,20,26,35,44H,11-12,18-19H2,1-6H3/t26-,35-/m1/s1. The van der Waals surface area contributed by atoms with Gasteiger partial charge in [-0.3, -0.25) is 19.3 Å². The Bertz CT molecular complexity index is 2210. The average Bonchev–Trinajstić information content (AvgIpc) is 3.17. The Morgan fingerprint density at radius 2 is 1.56 bits per heavy atom. The molecule has 6 rings (SSSR count). The summed E-state index contributed by atoms with van der Waals surface area (Å²) in [7, 11) is 8.95. The van der Waals surface area contributed by atoms with E-state index in [1.165, 1.54) is 40.8 Å². The number of aromatic hydroxyl groups is 1. The van der Waals surface area contributed by atoms with Crippen molar-refractivity contribution in [2.45, 2.75) is 31.3 Å². The van der Waals surface area contributed by atoms with Crippen LogP contribution in [0.3, 0.4) is 0 Å². The number of hydrogen-bond donors (Lipinski definition) is 1. The molecule has 13 nitrogen and oxygen atoms in total. The summed E-state index contributed by atoms with van der Waals surface area (Å²) in [5.74, 6) is -0.274. The van der Waals surface area contributed by atoms with Gasteiger partial charge in [-0.2, -0.15) is 0 Å². The zero-order valence-corrected chi connectivity index (χ0v) is 29.6. The molecule has 2 atom stereocenters. The number of carbonyl (C=O) groups excluding carboxylic acids is 1. The zero-order chi connectivity index (χ0) is 37.1. The maximum Gasteiger partial charge on any atom is 0.306 e. The lowest BCUT2D eigenvalue weighted by Gasteiger charge is -2.38. The number of methoxy groups -OCH3 is 6. The maximum atomic E-state index is 13.7. The maximum absolute atomic E-state index is 13.7. The van der Waals surface area contributed by atoms with Crippen LogP contribution in [0, 0.1) is 0 Å². The molecule has 1 aliphatic heterocycles. The van der Waals surface area contributed by atoms with Crippen molar-refractivity contribution in [3.8, 4) is 34.5 Å². The molecule has 5 aromatic rings. The van der Waals surface area contributed by atoms with Crippen molar-refractivity contribution in [3.63, 3.8) is 0 Å². The van der Waals surface area contributed by atoms with Gasteiger partial charge >= 0.3 is 5.97 Å². The van der Waals surface area contributed by atoms with Gasteiger partial charge in [-0.05, 0) is 59.5 Å². The van der Waals surface area contributed by atoms with Crippen LogP contribution >= 0.6 is 0 Å². The van der Waals surface area contributed by atoms with Gasteiger partial charge in [0.25, 0.3) is 0 Å². The molecule has 13 heteroatoms. The van der Waals surface area contributed by atoms with Crippen LogP contribution in [0.25, 0.3) is 11.0 Å². The van der Waals surface area contributed by atoms with Crippen molar-refractivity contribution in [3.05, 3.63) is 115 Å². The Morgan fingerprint density at radius 1 is 0.885 bits per heavy atom. The van der Waals surface area contributed by atoms with Gasteiger partial charge in [-0.15, -0.1) is 0 Å². The van der Waals surface area contributed by atoms with Crippen LogP contribution in [0.4, 0.5) is 0 Å². The lowest BCUT2D eigenvalue weighted by molar-refractivity contribution is -0.141. The molecular weight excluding hydrogens is 674 g/mol. The van der Waals surface area contributed by atoms with Crippen LogP contribution in [0.5, 0.6) is 34.5 Å². The Kier molecular flexibility index (Phi) is 10.4. The Hall–Kier alpha value is -5.95. The predicted molar refractivity (Wildman–Crippen MR) is 189 cm³/mol. The summed E-state index contributed by atoms with van der Waals surface area (Å²) in [6.07, 6.45) is 1.41. The Morgan fingerprint density at radius 3 is 2.21 bits per heavy atom. The molecule has 0 bridgehead atoms. The van der Waals surface area contributed by atoms with Crippen LogP contribution < -0.4 is 34.5 Å². The second-order valence-corrected chi connectivity index (χ2v) is 12.1. The van der Waals surface area contributed by atoms with Crippen LogP contribution in [0.2, 0.25) is 0 Å². The number of hydrogen-bond acceptors (Lipinski definition) is 13. The molecule has 0 unspecified atom stereocenters. The highest BCUT2D eigenvalue weighted by molar-refractivity contribution is 5.77. The van der Waals surface area contributed by atoms with Crippen LogP contribution in [-0.2, 0) is 22.5 Å². The van der Waals surface area contributed by atoms with Gasteiger partial charge in [-0.1, -0.05) is 12.1 Å². The lowest BCUT2D eigenvalue weighted by Crippen LogP contribution is -2.36. The first-order valence-electron chi connectivity index (χ1n) is 16.4. The second kappa shape index (κ2) is 15.1. The Balaban J connectivity index is 1.50. The van der Waals surface area contributed by atoms with E-state index in [9.17, 15) is 19.5 Å². The SMILES string of the molecule is COC(=O)C[C@@H](c1oc(CN2CCc3cc(OC)c(OC)cc3[C@H]2c2cc(OC)c(OC)c(OC)c2)cc(=O)c1O)c1coc2ccccc2c1=O. The third-order valence-electron chi connectivity index (χ3n) is 9.33. The fraction of sp³-hybridized carbons (Fsp3) is 0.308. The van der Waals surface area contributed by atoms with Gasteiger partial charge in [0.1, 0.15) is 11.3 Å². The molecule has 0 saturated heterocycles. The first-order chi connectivity index (χ1) is 25.1. The number of nitrogens with zero attached hydrogens (tertiary/aromatic N) is 1. The number of carbonyl (C=O) groups is 1. The number of fused-ring (bicyclic) bond motifs is 2. The molecule has 0 fully saturated rings. The molecule has 272 valence electrons. The molecule has 0 amide bonds. The molecule has 1 N–H and O–H groups in total. The van der Waals surface area contributed by atoms with E-state index < -0.39 is 41.0 Å². The van der Waals surface area contributed by atoms with Gasteiger partial charge in [0.05, 0.1) is 79.2 Å². The third kappa shape index (κ3) is 6.62. The second-order valence-electron chi connectivity index (χ2n) is 12.1. The number of para-hydroxylation sites is 1. The number of ether oxygens (including phenoxy) is 6. The average molecular weight is 714 g/mol. The van der Waals surface area contributed by atoms with Gasteiger partial charge in [0, 0.05) is 18.2 Å². The third-order valence-corrected chi connectivity index (χ3v) is 9.33. The van der Waals surface area contributed by atoms with Crippen LogP contribution in [0.15, 0.2) is 79.3 Å². The largest absolute Gasteiger partial charge is 0.502 e. The van der Waals surface area contributed by atoms with Crippen molar-refractivity contribution in [2.24, 2.45) is 0 Å². The fourth-order valence-corrected chi connectivity index (χ4v) is 6.81. The predicted octanol–water partition coefficient (Wildman–Crippen LogP) is 5.34. The van der Waals surface area contributed by atoms with Crippen molar-refractivity contribution in [1.82, 2.24) is 4.90 Å². The molecule has 2 aromatic heterocycles. The Labute approximate surface area is 298 Å². The van der Waals surface area contributed by atoms with E-state index in [1.54, 1.807) is 38.5 Å². The van der Waals surface area contributed by atoms with Crippen LogP contribution in [0.1, 0.15) is 52.2 Å². The molecule has 3 heterocycles. The van der Waals surface area contributed by atoms with Crippen LogP contribution in [-0.4, -0.2) is 65.2 Å². The van der Waals surface area contributed by atoms with E-state index in [0.717, 1.165) is 16.7 Å². The summed E-state index contributed by atoms with van der Waals surface area (Å²) in [6, 6.07) is 15.0. The molecule has 0 spiro atoms. The number of rotatable bonds is 12. The van der Waals surface area contributed by atoms with Gasteiger partial charge in [0.2, 0.25) is 16.9 Å². The summed E-state index contributed by atoms with van der Waals surface area (Å²) in [5.41, 5.74) is 1.86. The molecule has 0 radical (unpaired) electrons. The van der Waals surface area contributed by atoms with E-state index in [0.29, 0.717) is 47.3 Å². The molecule has 3 aromatic carbocycles. The van der Waals surface area contributed by atoms with E-state index in [2.05, 4.69) is 4.90 Å². The first-order valence-corrected chi connectivity index (χ1v) is 16.4. The smallest absolute Gasteiger partial charge is 0.306 e. The zero-order valence-electron chi connectivity index (χ0n) is 29.6. The summed E-state index contributed by atoms with van der Waals surface area (Å²) in [5, 5.41) is 11.4. The fourth-order valence-electron chi connectivity index (χ4n) is 6.81. The monoisotopic (exact) mass is 713 g/mol. The summed E-state index contributed by atoms with van der Waals surface area (Å²) < 4.78 is 45.2. The van der Waals surface area contributed by atoms with E-state index in [4.69, 9.17) is 37.3 Å². The topological polar surface area (TPSA) is 156 Å².